The lowest BCUT2D eigenvalue weighted by Gasteiger charge is -2.35. The summed E-state index contributed by atoms with van der Waals surface area (Å²) in [6, 6.07) is 0. The van der Waals surface area contributed by atoms with Crippen molar-refractivity contribution in [1.29, 1.82) is 0 Å². The fraction of sp³-hybridized carbons (Fsp3) is 1.00. The fourth-order valence-electron chi connectivity index (χ4n) is 6.32. The van der Waals surface area contributed by atoms with E-state index < -0.39 is 0 Å². The van der Waals surface area contributed by atoms with Gasteiger partial charge in [0.2, 0.25) is 0 Å². The van der Waals surface area contributed by atoms with Crippen molar-refractivity contribution in [3.8, 4) is 0 Å². The Kier molecular flexibility index (Phi) is 11.5. The van der Waals surface area contributed by atoms with E-state index in [1.54, 1.807) is 0 Å². The van der Waals surface area contributed by atoms with E-state index in [1.165, 1.54) is 96.3 Å². The molecule has 2 saturated carbocycles. The van der Waals surface area contributed by atoms with Crippen molar-refractivity contribution in [1.82, 2.24) is 0 Å². The van der Waals surface area contributed by atoms with E-state index in [-0.39, 0.29) is 12.9 Å². The molecule has 2 atom stereocenters. The maximum atomic E-state index is 9.92. The third-order valence-corrected chi connectivity index (χ3v) is 8.59. The summed E-state index contributed by atoms with van der Waals surface area (Å²) in [7, 11) is 0. The van der Waals surface area contributed by atoms with E-state index in [9.17, 15) is 5.11 Å². The number of hydrogen-bond acceptors (Lipinski definition) is 3. The zero-order chi connectivity index (χ0) is 21.0. The average molecular weight is 423 g/mol. The van der Waals surface area contributed by atoms with Crippen molar-refractivity contribution in [2.75, 3.05) is 19.8 Å². The normalized spacial score (nSPS) is 34.0. The minimum Gasteiger partial charge on any atom is -0.396 e. The van der Waals surface area contributed by atoms with Crippen molar-refractivity contribution >= 4 is 0 Å². The zero-order valence-electron chi connectivity index (χ0n) is 19.9. The molecule has 3 aliphatic rings. The number of aliphatic hydroxyl groups is 1. The largest absolute Gasteiger partial charge is 0.396 e. The van der Waals surface area contributed by atoms with Crippen LogP contribution in [-0.2, 0) is 9.47 Å². The Morgan fingerprint density at radius 3 is 2.00 bits per heavy atom. The Morgan fingerprint density at radius 1 is 0.800 bits per heavy atom. The van der Waals surface area contributed by atoms with Gasteiger partial charge in [0.05, 0.1) is 6.61 Å². The van der Waals surface area contributed by atoms with Crippen LogP contribution in [0.4, 0.5) is 0 Å². The molecular weight excluding hydrogens is 372 g/mol. The molecule has 1 N–H and O–H groups in total. The first-order valence-electron chi connectivity index (χ1n) is 13.6. The molecule has 0 bridgehead atoms. The van der Waals surface area contributed by atoms with Gasteiger partial charge >= 0.3 is 0 Å². The van der Waals surface area contributed by atoms with Crippen LogP contribution in [0.2, 0.25) is 0 Å². The molecule has 2 aliphatic carbocycles. The molecule has 3 fully saturated rings. The molecule has 3 heteroatoms. The summed E-state index contributed by atoms with van der Waals surface area (Å²) < 4.78 is 11.7. The molecule has 1 heterocycles. The molecule has 30 heavy (non-hydrogen) atoms. The molecular formula is C27H50O3. The van der Waals surface area contributed by atoms with E-state index in [4.69, 9.17) is 9.47 Å². The van der Waals surface area contributed by atoms with Gasteiger partial charge in [-0.25, -0.2) is 0 Å². The summed E-state index contributed by atoms with van der Waals surface area (Å²) >= 11 is 0. The highest BCUT2D eigenvalue weighted by atomic mass is 16.7. The van der Waals surface area contributed by atoms with Crippen LogP contribution in [0.3, 0.4) is 0 Å². The zero-order valence-corrected chi connectivity index (χ0v) is 19.9. The number of aliphatic hydroxyl groups excluding tert-OH is 1. The van der Waals surface area contributed by atoms with Gasteiger partial charge < -0.3 is 14.6 Å². The van der Waals surface area contributed by atoms with Gasteiger partial charge in [0.15, 0.2) is 6.29 Å². The highest BCUT2D eigenvalue weighted by molar-refractivity contribution is 4.80. The molecule has 0 aromatic rings. The maximum Gasteiger partial charge on any atom is 0.157 e. The molecule has 0 aromatic heterocycles. The fourth-order valence-corrected chi connectivity index (χ4v) is 6.32. The van der Waals surface area contributed by atoms with Crippen LogP contribution in [0, 0.1) is 29.6 Å². The first-order valence-corrected chi connectivity index (χ1v) is 13.6. The van der Waals surface area contributed by atoms with Crippen molar-refractivity contribution < 1.29 is 14.6 Å². The average Bonchev–Trinajstić information content (AvgIpc) is 2.80. The van der Waals surface area contributed by atoms with E-state index in [2.05, 4.69) is 6.92 Å². The van der Waals surface area contributed by atoms with Gasteiger partial charge in [0.25, 0.3) is 0 Å². The van der Waals surface area contributed by atoms with Crippen molar-refractivity contribution in [3.05, 3.63) is 0 Å². The quantitative estimate of drug-likeness (QED) is 0.340. The van der Waals surface area contributed by atoms with Crippen LogP contribution in [0.15, 0.2) is 0 Å². The van der Waals surface area contributed by atoms with Crippen molar-refractivity contribution in [2.45, 2.75) is 122 Å². The summed E-state index contributed by atoms with van der Waals surface area (Å²) in [6.45, 7) is 4.09. The van der Waals surface area contributed by atoms with Crippen molar-refractivity contribution in [2.24, 2.45) is 29.6 Å². The lowest BCUT2D eigenvalue weighted by atomic mass is 9.72. The highest BCUT2D eigenvalue weighted by Gasteiger charge is 2.29. The molecule has 0 spiro atoms. The monoisotopic (exact) mass is 422 g/mol. The molecule has 176 valence electrons. The Balaban J connectivity index is 1.26. The van der Waals surface area contributed by atoms with E-state index >= 15 is 0 Å². The molecule has 3 nitrogen and oxygen atoms in total. The molecule has 0 aromatic carbocycles. The Bertz CT molecular complexity index is 418. The van der Waals surface area contributed by atoms with E-state index in [1.807, 2.05) is 0 Å². The van der Waals surface area contributed by atoms with Gasteiger partial charge in [-0.15, -0.1) is 0 Å². The highest BCUT2D eigenvalue weighted by Crippen LogP contribution is 2.39. The molecule has 3 rings (SSSR count). The SMILES string of the molecule is CCCCCC1CCC(CCC2CCC(C(CO)COC3CCCCO3)CC2)CC1. The minimum absolute atomic E-state index is 0.0223. The molecule has 0 radical (unpaired) electrons. The summed E-state index contributed by atoms with van der Waals surface area (Å²) in [5, 5.41) is 9.92. The first-order chi connectivity index (χ1) is 14.8. The number of hydrogen-bond donors (Lipinski definition) is 1. The number of rotatable bonds is 12. The van der Waals surface area contributed by atoms with Gasteiger partial charge in [0, 0.05) is 19.1 Å². The molecule has 1 aliphatic heterocycles. The summed E-state index contributed by atoms with van der Waals surface area (Å²) in [6.07, 6.45) is 23.4. The first kappa shape index (κ1) is 24.5. The van der Waals surface area contributed by atoms with E-state index in [0.717, 1.165) is 37.2 Å². The van der Waals surface area contributed by atoms with Crippen molar-refractivity contribution in [3.63, 3.8) is 0 Å². The number of ether oxygens (including phenoxy) is 2. The third-order valence-electron chi connectivity index (χ3n) is 8.59. The lowest BCUT2D eigenvalue weighted by molar-refractivity contribution is -0.174. The van der Waals surface area contributed by atoms with Crippen LogP contribution in [0.25, 0.3) is 0 Å². The second-order valence-corrected chi connectivity index (χ2v) is 10.8. The van der Waals surface area contributed by atoms with Gasteiger partial charge in [-0.05, 0) is 55.8 Å². The Morgan fingerprint density at radius 2 is 1.43 bits per heavy atom. The van der Waals surface area contributed by atoms with Crippen LogP contribution in [0.1, 0.15) is 116 Å². The number of unbranched alkanes of at least 4 members (excludes halogenated alkanes) is 2. The lowest BCUT2D eigenvalue weighted by Crippen LogP contribution is -2.31. The van der Waals surface area contributed by atoms with Crippen LogP contribution >= 0.6 is 0 Å². The summed E-state index contributed by atoms with van der Waals surface area (Å²) in [5.41, 5.74) is 0. The summed E-state index contributed by atoms with van der Waals surface area (Å²) in [4.78, 5) is 0. The topological polar surface area (TPSA) is 38.7 Å². The smallest absolute Gasteiger partial charge is 0.157 e. The summed E-state index contributed by atoms with van der Waals surface area (Å²) in [5.74, 6) is 3.94. The van der Waals surface area contributed by atoms with E-state index in [0.29, 0.717) is 18.4 Å². The van der Waals surface area contributed by atoms with Crippen LogP contribution < -0.4 is 0 Å². The molecule has 0 amide bonds. The van der Waals surface area contributed by atoms with Gasteiger partial charge in [0.1, 0.15) is 0 Å². The Labute approximate surface area is 186 Å². The van der Waals surface area contributed by atoms with Crippen LogP contribution in [-0.4, -0.2) is 31.2 Å². The Hall–Kier alpha value is -0.120. The van der Waals surface area contributed by atoms with Gasteiger partial charge in [-0.1, -0.05) is 84.0 Å². The molecule has 2 unspecified atom stereocenters. The van der Waals surface area contributed by atoms with Crippen LogP contribution in [0.5, 0.6) is 0 Å². The predicted molar refractivity (Wildman–Crippen MR) is 124 cm³/mol. The predicted octanol–water partition coefficient (Wildman–Crippen LogP) is 7.11. The maximum absolute atomic E-state index is 9.92. The van der Waals surface area contributed by atoms with Gasteiger partial charge in [-0.3, -0.25) is 0 Å². The molecule has 1 saturated heterocycles. The third kappa shape index (κ3) is 8.43. The second-order valence-electron chi connectivity index (χ2n) is 10.8. The standard InChI is InChI=1S/C27H50O3/c1-2-3-4-7-22-9-11-23(12-10-22)13-14-24-15-17-25(18-16-24)26(20-28)21-30-27-8-5-6-19-29-27/h22-28H,2-21H2,1H3. The van der Waals surface area contributed by atoms with Gasteiger partial charge in [-0.2, -0.15) is 0 Å². The minimum atomic E-state index is -0.0223. The second kappa shape index (κ2) is 14.1.